The molecule has 0 heterocycles. The minimum atomic E-state index is -0.439. The number of carbonyl (C=O) groups is 1. The standard InChI is InChI=1S/C15H10FNO2S/c1-19-15(18)11-3-5-12(6-4-11)20-14-7-2-10(9-17)8-13(14)16/h2-8H,1H3. The molecule has 0 unspecified atom stereocenters. The summed E-state index contributed by atoms with van der Waals surface area (Å²) < 4.78 is 18.3. The van der Waals surface area contributed by atoms with E-state index in [1.165, 1.54) is 24.9 Å². The van der Waals surface area contributed by atoms with Crippen molar-refractivity contribution >= 4 is 17.7 Å². The second-order valence-electron chi connectivity index (χ2n) is 3.88. The van der Waals surface area contributed by atoms with Crippen molar-refractivity contribution in [2.75, 3.05) is 7.11 Å². The average Bonchev–Trinajstić information content (AvgIpc) is 2.49. The first-order valence-corrected chi connectivity index (χ1v) is 6.51. The molecule has 3 nitrogen and oxygen atoms in total. The van der Waals surface area contributed by atoms with Crippen molar-refractivity contribution in [2.45, 2.75) is 9.79 Å². The molecule has 0 fully saturated rings. The highest BCUT2D eigenvalue weighted by molar-refractivity contribution is 7.99. The molecule has 0 aliphatic heterocycles. The molecule has 0 amide bonds. The molecule has 0 aliphatic carbocycles. The number of hydrogen-bond donors (Lipinski definition) is 0. The van der Waals surface area contributed by atoms with E-state index in [1.54, 1.807) is 36.4 Å². The Morgan fingerprint density at radius 1 is 1.25 bits per heavy atom. The fourth-order valence-electron chi connectivity index (χ4n) is 1.56. The Kier molecular flexibility index (Phi) is 4.38. The van der Waals surface area contributed by atoms with Gasteiger partial charge in [-0.1, -0.05) is 11.8 Å². The van der Waals surface area contributed by atoms with Gasteiger partial charge < -0.3 is 4.74 Å². The average molecular weight is 287 g/mol. The summed E-state index contributed by atoms with van der Waals surface area (Å²) >= 11 is 1.22. The maximum absolute atomic E-state index is 13.7. The maximum Gasteiger partial charge on any atom is 0.337 e. The lowest BCUT2D eigenvalue weighted by molar-refractivity contribution is 0.0600. The number of nitrogens with zero attached hydrogens (tertiary/aromatic N) is 1. The normalized spacial score (nSPS) is 9.85. The van der Waals surface area contributed by atoms with Gasteiger partial charge in [0, 0.05) is 9.79 Å². The lowest BCUT2D eigenvalue weighted by Gasteiger charge is -2.04. The molecule has 0 aliphatic rings. The molecule has 0 bridgehead atoms. The predicted octanol–water partition coefficient (Wildman–Crippen LogP) is 3.64. The molecule has 0 saturated heterocycles. The quantitative estimate of drug-likeness (QED) is 0.809. The largest absolute Gasteiger partial charge is 0.465 e. The van der Waals surface area contributed by atoms with Gasteiger partial charge in [-0.05, 0) is 42.5 Å². The highest BCUT2D eigenvalue weighted by atomic mass is 32.2. The van der Waals surface area contributed by atoms with Gasteiger partial charge in [-0.15, -0.1) is 0 Å². The molecule has 0 radical (unpaired) electrons. The third-order valence-corrected chi connectivity index (χ3v) is 3.62. The lowest BCUT2D eigenvalue weighted by atomic mass is 10.2. The van der Waals surface area contributed by atoms with Gasteiger partial charge in [0.15, 0.2) is 0 Å². The van der Waals surface area contributed by atoms with Crippen LogP contribution in [-0.2, 0) is 4.74 Å². The Hall–Kier alpha value is -2.32. The summed E-state index contributed by atoms with van der Waals surface area (Å²) in [6.45, 7) is 0. The van der Waals surface area contributed by atoms with Crippen LogP contribution in [0.4, 0.5) is 4.39 Å². The summed E-state index contributed by atoms with van der Waals surface area (Å²) in [5, 5.41) is 8.68. The van der Waals surface area contributed by atoms with Gasteiger partial charge in [0.25, 0.3) is 0 Å². The van der Waals surface area contributed by atoms with Crippen molar-refractivity contribution in [3.63, 3.8) is 0 Å². The van der Waals surface area contributed by atoms with Crippen LogP contribution in [0.2, 0.25) is 0 Å². The number of benzene rings is 2. The van der Waals surface area contributed by atoms with Crippen LogP contribution in [0.1, 0.15) is 15.9 Å². The van der Waals surface area contributed by atoms with Gasteiger partial charge >= 0.3 is 5.97 Å². The third kappa shape index (κ3) is 3.16. The number of ether oxygens (including phenoxy) is 1. The molecule has 2 rings (SSSR count). The van der Waals surface area contributed by atoms with Crippen LogP contribution in [0.5, 0.6) is 0 Å². The zero-order valence-corrected chi connectivity index (χ0v) is 11.4. The summed E-state index contributed by atoms with van der Waals surface area (Å²) in [5.74, 6) is -0.850. The number of halogens is 1. The van der Waals surface area contributed by atoms with E-state index in [0.717, 1.165) is 4.90 Å². The zero-order valence-electron chi connectivity index (χ0n) is 10.6. The number of rotatable bonds is 3. The van der Waals surface area contributed by atoms with Crippen LogP contribution in [-0.4, -0.2) is 13.1 Å². The van der Waals surface area contributed by atoms with Crippen molar-refractivity contribution in [1.82, 2.24) is 0 Å². The van der Waals surface area contributed by atoms with E-state index in [1.807, 2.05) is 6.07 Å². The first kappa shape index (κ1) is 14.1. The molecule has 20 heavy (non-hydrogen) atoms. The SMILES string of the molecule is COC(=O)c1ccc(Sc2ccc(C#N)cc2F)cc1. The Morgan fingerprint density at radius 3 is 2.50 bits per heavy atom. The highest BCUT2D eigenvalue weighted by Crippen LogP contribution is 2.30. The first-order valence-electron chi connectivity index (χ1n) is 5.70. The number of hydrogen-bond acceptors (Lipinski definition) is 4. The van der Waals surface area contributed by atoms with Gasteiger partial charge in [0.05, 0.1) is 24.3 Å². The molecule has 0 atom stereocenters. The zero-order chi connectivity index (χ0) is 14.5. The summed E-state index contributed by atoms with van der Waals surface area (Å²) in [5.41, 5.74) is 0.727. The van der Waals surface area contributed by atoms with E-state index in [-0.39, 0.29) is 5.56 Å². The third-order valence-electron chi connectivity index (χ3n) is 2.56. The van der Waals surface area contributed by atoms with Crippen molar-refractivity contribution in [1.29, 1.82) is 5.26 Å². The topological polar surface area (TPSA) is 50.1 Å². The van der Waals surface area contributed by atoms with Crippen molar-refractivity contribution < 1.29 is 13.9 Å². The molecule has 0 N–H and O–H groups in total. The van der Waals surface area contributed by atoms with Gasteiger partial charge in [-0.2, -0.15) is 5.26 Å². The van der Waals surface area contributed by atoms with Gasteiger partial charge in [0.2, 0.25) is 0 Å². The van der Waals surface area contributed by atoms with Crippen LogP contribution < -0.4 is 0 Å². The maximum atomic E-state index is 13.7. The minimum absolute atomic E-state index is 0.285. The smallest absolute Gasteiger partial charge is 0.337 e. The summed E-state index contributed by atoms with van der Waals surface area (Å²) in [6.07, 6.45) is 0. The van der Waals surface area contributed by atoms with Gasteiger partial charge in [-0.25, -0.2) is 9.18 Å². The monoisotopic (exact) mass is 287 g/mol. The van der Waals surface area contributed by atoms with Crippen molar-refractivity contribution in [2.24, 2.45) is 0 Å². The van der Waals surface area contributed by atoms with Crippen LogP contribution >= 0.6 is 11.8 Å². The van der Waals surface area contributed by atoms with Crippen molar-refractivity contribution in [3.05, 3.63) is 59.4 Å². The Balaban J connectivity index is 2.18. The van der Waals surface area contributed by atoms with Crippen LogP contribution in [0, 0.1) is 17.1 Å². The summed E-state index contributed by atoms with van der Waals surface area (Å²) in [4.78, 5) is 12.5. The predicted molar refractivity (Wildman–Crippen MR) is 73.0 cm³/mol. The van der Waals surface area contributed by atoms with Crippen LogP contribution in [0.25, 0.3) is 0 Å². The van der Waals surface area contributed by atoms with E-state index in [2.05, 4.69) is 4.74 Å². The van der Waals surface area contributed by atoms with E-state index < -0.39 is 11.8 Å². The molecule has 0 spiro atoms. The summed E-state index contributed by atoms with van der Waals surface area (Å²) in [7, 11) is 1.32. The molecule has 5 heteroatoms. The number of nitriles is 1. The molecular formula is C15H10FNO2S. The van der Waals surface area contributed by atoms with Crippen LogP contribution in [0.3, 0.4) is 0 Å². The second-order valence-corrected chi connectivity index (χ2v) is 4.99. The minimum Gasteiger partial charge on any atom is -0.465 e. The van der Waals surface area contributed by atoms with E-state index in [9.17, 15) is 9.18 Å². The van der Waals surface area contributed by atoms with Crippen molar-refractivity contribution in [3.8, 4) is 6.07 Å². The molecule has 0 aromatic heterocycles. The van der Waals surface area contributed by atoms with Crippen LogP contribution in [0.15, 0.2) is 52.3 Å². The lowest BCUT2D eigenvalue weighted by Crippen LogP contribution is -2.00. The van der Waals surface area contributed by atoms with E-state index >= 15 is 0 Å². The second kappa shape index (κ2) is 6.22. The highest BCUT2D eigenvalue weighted by Gasteiger charge is 2.08. The Labute approximate surface area is 120 Å². The fraction of sp³-hybridized carbons (Fsp3) is 0.0667. The molecular weight excluding hydrogens is 277 g/mol. The number of carbonyl (C=O) groups excluding carboxylic acids is 1. The Morgan fingerprint density at radius 2 is 1.95 bits per heavy atom. The number of methoxy groups -OCH3 is 1. The summed E-state index contributed by atoms with van der Waals surface area (Å²) in [6, 6.07) is 12.9. The molecule has 2 aromatic rings. The molecule has 0 saturated carbocycles. The number of esters is 1. The van der Waals surface area contributed by atoms with Gasteiger partial charge in [-0.3, -0.25) is 0 Å². The Bertz CT molecular complexity index is 677. The molecule has 100 valence electrons. The molecule has 2 aromatic carbocycles. The van der Waals surface area contributed by atoms with E-state index in [0.29, 0.717) is 10.5 Å². The first-order chi connectivity index (χ1) is 9.63. The van der Waals surface area contributed by atoms with Gasteiger partial charge in [0.1, 0.15) is 5.82 Å². The fourth-order valence-corrected chi connectivity index (χ4v) is 2.38. The van der Waals surface area contributed by atoms with E-state index in [4.69, 9.17) is 5.26 Å².